The van der Waals surface area contributed by atoms with Crippen LogP contribution in [0.2, 0.25) is 0 Å². The minimum Gasteiger partial charge on any atom is -0.464 e. The van der Waals surface area contributed by atoms with Crippen LogP contribution in [0.1, 0.15) is 23.2 Å². The number of aliphatic hydroxyl groups is 1. The summed E-state index contributed by atoms with van der Waals surface area (Å²) in [7, 11) is 2.05. The second-order valence-electron chi connectivity index (χ2n) is 6.90. The number of furan rings is 1. The number of nitrogens with zero attached hydrogens (tertiary/aromatic N) is 2. The lowest BCUT2D eigenvalue weighted by molar-refractivity contribution is -0.0530. The van der Waals surface area contributed by atoms with E-state index in [2.05, 4.69) is 21.9 Å². The third kappa shape index (κ3) is 5.41. The first-order chi connectivity index (χ1) is 12.1. The first-order valence-corrected chi connectivity index (χ1v) is 8.91. The molecule has 1 aliphatic rings. The fourth-order valence-corrected chi connectivity index (χ4v) is 3.34. The van der Waals surface area contributed by atoms with Gasteiger partial charge in [-0.2, -0.15) is 0 Å². The summed E-state index contributed by atoms with van der Waals surface area (Å²) in [6.07, 6.45) is -0.428. The van der Waals surface area contributed by atoms with Crippen molar-refractivity contribution < 1.29 is 14.3 Å². The molecule has 25 heavy (non-hydrogen) atoms. The monoisotopic (exact) mass is 344 g/mol. The van der Waals surface area contributed by atoms with E-state index >= 15 is 0 Å². The molecule has 1 saturated heterocycles. The molecule has 5 nitrogen and oxygen atoms in total. The molecule has 0 saturated carbocycles. The van der Waals surface area contributed by atoms with E-state index in [1.54, 1.807) is 0 Å². The summed E-state index contributed by atoms with van der Waals surface area (Å²) in [5, 5.41) is 10.5. The highest BCUT2D eigenvalue weighted by molar-refractivity contribution is 5.14. The SMILES string of the molecule is Cc1ccc(C2CN(CC(O)CN(C)Cc3ccccc3)CCO2)o1. The molecule has 1 aromatic heterocycles. The van der Waals surface area contributed by atoms with E-state index in [0.717, 1.165) is 31.2 Å². The number of morpholine rings is 1. The van der Waals surface area contributed by atoms with Crippen LogP contribution in [0, 0.1) is 6.92 Å². The molecule has 0 amide bonds. The summed E-state index contributed by atoms with van der Waals surface area (Å²) in [6, 6.07) is 14.3. The molecule has 1 N–H and O–H groups in total. The van der Waals surface area contributed by atoms with Crippen LogP contribution in [0.15, 0.2) is 46.9 Å². The maximum atomic E-state index is 10.5. The van der Waals surface area contributed by atoms with E-state index < -0.39 is 0 Å². The van der Waals surface area contributed by atoms with E-state index in [1.807, 2.05) is 44.3 Å². The molecule has 2 unspecified atom stereocenters. The average molecular weight is 344 g/mol. The van der Waals surface area contributed by atoms with Crippen molar-refractivity contribution in [2.24, 2.45) is 0 Å². The topological polar surface area (TPSA) is 49.1 Å². The molecule has 1 fully saturated rings. The van der Waals surface area contributed by atoms with Gasteiger partial charge in [-0.1, -0.05) is 30.3 Å². The first kappa shape index (κ1) is 18.1. The molecule has 0 aliphatic carbocycles. The molecule has 2 atom stereocenters. The van der Waals surface area contributed by atoms with Crippen molar-refractivity contribution in [1.82, 2.24) is 9.80 Å². The van der Waals surface area contributed by atoms with Crippen LogP contribution in [0.4, 0.5) is 0 Å². The van der Waals surface area contributed by atoms with Gasteiger partial charge in [0.2, 0.25) is 0 Å². The lowest BCUT2D eigenvalue weighted by Crippen LogP contribution is -2.44. The number of benzene rings is 1. The van der Waals surface area contributed by atoms with Crippen molar-refractivity contribution in [3.8, 4) is 0 Å². The molecule has 2 heterocycles. The third-order valence-electron chi connectivity index (χ3n) is 4.52. The van der Waals surface area contributed by atoms with E-state index in [4.69, 9.17) is 9.15 Å². The quantitative estimate of drug-likeness (QED) is 0.836. The van der Waals surface area contributed by atoms with Crippen LogP contribution >= 0.6 is 0 Å². The smallest absolute Gasteiger partial charge is 0.134 e. The lowest BCUT2D eigenvalue weighted by atomic mass is 10.2. The number of hydrogen-bond donors (Lipinski definition) is 1. The molecule has 3 rings (SSSR count). The standard InChI is InChI=1S/C20H28N2O3/c1-16-8-9-19(25-16)20-15-22(10-11-24-20)14-18(23)13-21(2)12-17-6-4-3-5-7-17/h3-9,18,20,23H,10-15H2,1-2H3. The first-order valence-electron chi connectivity index (χ1n) is 8.91. The van der Waals surface area contributed by atoms with Gasteiger partial charge in [0.1, 0.15) is 17.6 Å². The highest BCUT2D eigenvalue weighted by Crippen LogP contribution is 2.24. The Morgan fingerprint density at radius 2 is 2.04 bits per heavy atom. The summed E-state index contributed by atoms with van der Waals surface area (Å²) in [6.45, 7) is 6.35. The van der Waals surface area contributed by atoms with E-state index in [9.17, 15) is 5.11 Å². The third-order valence-corrected chi connectivity index (χ3v) is 4.52. The van der Waals surface area contributed by atoms with Crippen molar-refractivity contribution in [2.45, 2.75) is 25.7 Å². The van der Waals surface area contributed by atoms with Crippen LogP contribution in [0.3, 0.4) is 0 Å². The summed E-state index contributed by atoms with van der Waals surface area (Å²) in [5.74, 6) is 1.77. The Balaban J connectivity index is 1.46. The van der Waals surface area contributed by atoms with Gasteiger partial charge in [-0.3, -0.25) is 9.80 Å². The maximum Gasteiger partial charge on any atom is 0.134 e. The Hall–Kier alpha value is -1.66. The normalized spacial score (nSPS) is 20.1. The van der Waals surface area contributed by atoms with E-state index in [-0.39, 0.29) is 12.2 Å². The zero-order valence-corrected chi connectivity index (χ0v) is 15.1. The van der Waals surface area contributed by atoms with Crippen molar-refractivity contribution in [3.63, 3.8) is 0 Å². The molecule has 1 aromatic carbocycles. The van der Waals surface area contributed by atoms with Crippen LogP contribution < -0.4 is 0 Å². The van der Waals surface area contributed by atoms with Gasteiger partial charge in [-0.15, -0.1) is 0 Å². The van der Waals surface area contributed by atoms with Crippen molar-refractivity contribution >= 4 is 0 Å². The number of rotatable bonds is 7. The van der Waals surface area contributed by atoms with Crippen molar-refractivity contribution in [2.75, 3.05) is 39.8 Å². The number of β-amino-alcohol motifs (C(OH)–C–C–N with tert-alkyl or cyclic N) is 1. The molecule has 0 spiro atoms. The summed E-state index contributed by atoms with van der Waals surface area (Å²) in [4.78, 5) is 4.42. The Labute approximate surface area is 149 Å². The predicted octanol–water partition coefficient (Wildman–Crippen LogP) is 2.45. The molecule has 1 aliphatic heterocycles. The zero-order chi connectivity index (χ0) is 17.6. The summed E-state index contributed by atoms with van der Waals surface area (Å²) < 4.78 is 11.5. The Morgan fingerprint density at radius 1 is 1.24 bits per heavy atom. The fourth-order valence-electron chi connectivity index (χ4n) is 3.34. The van der Waals surface area contributed by atoms with Gasteiger partial charge in [0.15, 0.2) is 0 Å². The van der Waals surface area contributed by atoms with Crippen LogP contribution in [-0.4, -0.2) is 60.8 Å². The Morgan fingerprint density at radius 3 is 2.76 bits per heavy atom. The molecular weight excluding hydrogens is 316 g/mol. The van der Waals surface area contributed by atoms with Crippen LogP contribution in [0.25, 0.3) is 0 Å². The molecule has 0 bridgehead atoms. The van der Waals surface area contributed by atoms with Gasteiger partial charge < -0.3 is 14.3 Å². The van der Waals surface area contributed by atoms with Crippen LogP contribution in [-0.2, 0) is 11.3 Å². The minimum atomic E-state index is -0.384. The van der Waals surface area contributed by atoms with Crippen LogP contribution in [0.5, 0.6) is 0 Å². The fraction of sp³-hybridized carbons (Fsp3) is 0.500. The Bertz CT molecular complexity index is 643. The zero-order valence-electron chi connectivity index (χ0n) is 15.1. The second-order valence-corrected chi connectivity index (χ2v) is 6.90. The number of hydrogen-bond acceptors (Lipinski definition) is 5. The molecule has 2 aromatic rings. The van der Waals surface area contributed by atoms with Gasteiger partial charge >= 0.3 is 0 Å². The largest absolute Gasteiger partial charge is 0.464 e. The van der Waals surface area contributed by atoms with Gasteiger partial charge in [0.25, 0.3) is 0 Å². The minimum absolute atomic E-state index is 0.0447. The highest BCUT2D eigenvalue weighted by atomic mass is 16.5. The van der Waals surface area contributed by atoms with Gasteiger partial charge in [0, 0.05) is 32.7 Å². The van der Waals surface area contributed by atoms with E-state index in [1.165, 1.54) is 5.56 Å². The number of aliphatic hydroxyl groups excluding tert-OH is 1. The van der Waals surface area contributed by atoms with Gasteiger partial charge in [0.05, 0.1) is 12.7 Å². The summed E-state index contributed by atoms with van der Waals surface area (Å²) >= 11 is 0. The average Bonchev–Trinajstić information content (AvgIpc) is 3.02. The van der Waals surface area contributed by atoms with Crippen molar-refractivity contribution in [3.05, 3.63) is 59.5 Å². The molecule has 0 radical (unpaired) electrons. The van der Waals surface area contributed by atoms with Crippen molar-refractivity contribution in [1.29, 1.82) is 0 Å². The molecule has 136 valence electrons. The van der Waals surface area contributed by atoms with Gasteiger partial charge in [-0.25, -0.2) is 0 Å². The molecular formula is C20H28N2O3. The Kier molecular flexibility index (Phi) is 6.26. The maximum absolute atomic E-state index is 10.5. The molecule has 5 heteroatoms. The predicted molar refractivity (Wildman–Crippen MR) is 97.4 cm³/mol. The lowest BCUT2D eigenvalue weighted by Gasteiger charge is -2.34. The van der Waals surface area contributed by atoms with Gasteiger partial charge in [-0.05, 0) is 31.7 Å². The second kappa shape index (κ2) is 8.63. The number of likely N-dealkylation sites (N-methyl/N-ethyl adjacent to an activating group) is 1. The van der Waals surface area contributed by atoms with E-state index in [0.29, 0.717) is 19.7 Å². The number of aryl methyl sites for hydroxylation is 1. The number of ether oxygens (including phenoxy) is 1. The highest BCUT2D eigenvalue weighted by Gasteiger charge is 2.25. The summed E-state index contributed by atoms with van der Waals surface area (Å²) in [5.41, 5.74) is 1.26.